The topological polar surface area (TPSA) is 49.4 Å². The number of hydrogen-bond donors (Lipinski definition) is 1. The fourth-order valence-corrected chi connectivity index (χ4v) is 3.98. The predicted octanol–water partition coefficient (Wildman–Crippen LogP) is 5.16. The molecule has 1 unspecified atom stereocenters. The second kappa shape index (κ2) is 12.6. The Hall–Kier alpha value is -1.98. The van der Waals surface area contributed by atoms with Gasteiger partial charge in [0.25, 0.3) is 0 Å². The van der Waals surface area contributed by atoms with Crippen LogP contribution in [0.1, 0.15) is 38.7 Å². The zero-order valence-electron chi connectivity index (χ0n) is 17.1. The zero-order valence-corrected chi connectivity index (χ0v) is 18.6. The van der Waals surface area contributed by atoms with Crippen LogP contribution in [0.25, 0.3) is 0 Å². The van der Waals surface area contributed by atoms with Gasteiger partial charge in [-0.15, -0.1) is 11.8 Å². The number of rotatable bonds is 11. The van der Waals surface area contributed by atoms with Crippen molar-refractivity contribution in [3.8, 4) is 0 Å². The molecule has 0 fully saturated rings. The number of carbonyl (C=O) groups excluding carboxylic acids is 2. The molecule has 0 bridgehead atoms. The Morgan fingerprint density at radius 2 is 1.76 bits per heavy atom. The van der Waals surface area contributed by atoms with E-state index in [0.29, 0.717) is 24.5 Å². The Morgan fingerprint density at radius 1 is 1.07 bits per heavy atom. The van der Waals surface area contributed by atoms with E-state index in [2.05, 4.69) is 12.2 Å². The second-order valence-electron chi connectivity index (χ2n) is 6.78. The van der Waals surface area contributed by atoms with Crippen LogP contribution in [0.2, 0.25) is 5.02 Å². The third-order valence-electron chi connectivity index (χ3n) is 4.62. The number of unbranched alkanes of at least 4 members (excludes halogenated alkanes) is 1. The first kappa shape index (κ1) is 23.3. The smallest absolute Gasteiger partial charge is 0.242 e. The van der Waals surface area contributed by atoms with E-state index in [-0.39, 0.29) is 17.6 Å². The Bertz CT molecular complexity index is 785. The van der Waals surface area contributed by atoms with Crippen molar-refractivity contribution in [2.45, 2.75) is 50.6 Å². The van der Waals surface area contributed by atoms with Crippen LogP contribution < -0.4 is 5.32 Å². The number of nitrogens with zero attached hydrogens (tertiary/aromatic N) is 1. The van der Waals surface area contributed by atoms with Crippen molar-refractivity contribution in [1.29, 1.82) is 0 Å². The lowest BCUT2D eigenvalue weighted by molar-refractivity contribution is -0.139. The van der Waals surface area contributed by atoms with Crippen molar-refractivity contribution < 1.29 is 9.59 Å². The first-order valence-electron chi connectivity index (χ1n) is 10.0. The molecule has 29 heavy (non-hydrogen) atoms. The zero-order chi connectivity index (χ0) is 21.1. The summed E-state index contributed by atoms with van der Waals surface area (Å²) in [6.45, 7) is 4.95. The van der Waals surface area contributed by atoms with Crippen LogP contribution >= 0.6 is 23.4 Å². The molecular formula is C23H29ClN2O2S. The number of hydrogen-bond acceptors (Lipinski definition) is 3. The standard InChI is InChI=1S/C23H29ClN2O2S/c1-3-5-15-25-23(28)21(4-2)26(16-18-11-9-10-14-20(18)24)22(27)17-29-19-12-7-6-8-13-19/h6-14,21H,3-5,15-17H2,1-2H3,(H,25,28). The van der Waals surface area contributed by atoms with Gasteiger partial charge in [-0.2, -0.15) is 0 Å². The average Bonchev–Trinajstić information content (AvgIpc) is 2.74. The first-order chi connectivity index (χ1) is 14.1. The van der Waals surface area contributed by atoms with E-state index in [0.717, 1.165) is 23.3 Å². The molecule has 0 saturated heterocycles. The molecule has 0 heterocycles. The molecule has 0 spiro atoms. The summed E-state index contributed by atoms with van der Waals surface area (Å²) < 4.78 is 0. The minimum atomic E-state index is -0.521. The number of nitrogens with one attached hydrogen (secondary N) is 1. The number of thioether (sulfide) groups is 1. The molecule has 1 N–H and O–H groups in total. The highest BCUT2D eigenvalue weighted by Crippen LogP contribution is 2.22. The van der Waals surface area contributed by atoms with Crippen LogP contribution in [0.5, 0.6) is 0 Å². The van der Waals surface area contributed by atoms with Crippen molar-refractivity contribution in [1.82, 2.24) is 10.2 Å². The van der Waals surface area contributed by atoms with E-state index in [1.807, 2.05) is 55.5 Å². The lowest BCUT2D eigenvalue weighted by Crippen LogP contribution is -2.49. The van der Waals surface area contributed by atoms with Crippen LogP contribution in [0, 0.1) is 0 Å². The third-order valence-corrected chi connectivity index (χ3v) is 5.99. The van der Waals surface area contributed by atoms with Gasteiger partial charge >= 0.3 is 0 Å². The molecular weight excluding hydrogens is 404 g/mol. The lowest BCUT2D eigenvalue weighted by atomic mass is 10.1. The molecule has 0 saturated carbocycles. The van der Waals surface area contributed by atoms with Crippen LogP contribution in [0.15, 0.2) is 59.5 Å². The number of carbonyl (C=O) groups is 2. The van der Waals surface area contributed by atoms with Crippen molar-refractivity contribution in [3.05, 3.63) is 65.2 Å². The van der Waals surface area contributed by atoms with Gasteiger partial charge in [-0.25, -0.2) is 0 Å². The summed E-state index contributed by atoms with van der Waals surface area (Å²) in [6, 6.07) is 16.7. The van der Waals surface area contributed by atoms with E-state index in [4.69, 9.17) is 11.6 Å². The molecule has 2 aromatic carbocycles. The van der Waals surface area contributed by atoms with Gasteiger partial charge in [-0.1, -0.05) is 68.3 Å². The van der Waals surface area contributed by atoms with E-state index in [1.54, 1.807) is 11.0 Å². The highest BCUT2D eigenvalue weighted by atomic mass is 35.5. The molecule has 2 rings (SSSR count). The molecule has 0 aliphatic rings. The van der Waals surface area contributed by atoms with Crippen molar-refractivity contribution in [2.75, 3.05) is 12.3 Å². The first-order valence-corrected chi connectivity index (χ1v) is 11.4. The Morgan fingerprint density at radius 3 is 2.41 bits per heavy atom. The molecule has 6 heteroatoms. The maximum atomic E-state index is 13.1. The quantitative estimate of drug-likeness (QED) is 0.394. The van der Waals surface area contributed by atoms with Crippen LogP contribution in [0.3, 0.4) is 0 Å². The Balaban J connectivity index is 2.17. The number of amides is 2. The van der Waals surface area contributed by atoms with Crippen molar-refractivity contribution in [2.24, 2.45) is 0 Å². The molecule has 0 aliphatic carbocycles. The molecule has 2 aromatic rings. The van der Waals surface area contributed by atoms with Crippen molar-refractivity contribution in [3.63, 3.8) is 0 Å². The summed E-state index contributed by atoms with van der Waals surface area (Å²) in [5.74, 6) is 0.0926. The number of benzene rings is 2. The normalized spacial score (nSPS) is 11.7. The SMILES string of the molecule is CCCCNC(=O)C(CC)N(Cc1ccccc1Cl)C(=O)CSc1ccccc1. The van der Waals surface area contributed by atoms with Gasteiger partial charge in [-0.3, -0.25) is 9.59 Å². The maximum Gasteiger partial charge on any atom is 0.242 e. The van der Waals surface area contributed by atoms with Crippen molar-refractivity contribution >= 4 is 35.2 Å². The second-order valence-corrected chi connectivity index (χ2v) is 8.24. The molecule has 4 nitrogen and oxygen atoms in total. The van der Waals surface area contributed by atoms with Gasteiger partial charge in [0.05, 0.1) is 5.75 Å². The summed E-state index contributed by atoms with van der Waals surface area (Å²) in [4.78, 5) is 28.6. The van der Waals surface area contributed by atoms with Crippen LogP contribution in [-0.2, 0) is 16.1 Å². The lowest BCUT2D eigenvalue weighted by Gasteiger charge is -2.31. The summed E-state index contributed by atoms with van der Waals surface area (Å²) in [7, 11) is 0. The van der Waals surface area contributed by atoms with E-state index < -0.39 is 6.04 Å². The van der Waals surface area contributed by atoms with Crippen LogP contribution in [0.4, 0.5) is 0 Å². The summed E-state index contributed by atoms with van der Waals surface area (Å²) in [5, 5.41) is 3.57. The predicted molar refractivity (Wildman–Crippen MR) is 121 cm³/mol. The van der Waals surface area contributed by atoms with Gasteiger partial charge in [-0.05, 0) is 36.6 Å². The van der Waals surface area contributed by atoms with E-state index in [9.17, 15) is 9.59 Å². The Kier molecular flexibility index (Phi) is 10.1. The molecule has 156 valence electrons. The molecule has 1 atom stereocenters. The fraction of sp³-hybridized carbons (Fsp3) is 0.391. The Labute approximate surface area is 183 Å². The third kappa shape index (κ3) is 7.41. The van der Waals surface area contributed by atoms with Gasteiger partial charge in [0.2, 0.25) is 11.8 Å². The largest absolute Gasteiger partial charge is 0.354 e. The summed E-state index contributed by atoms with van der Waals surface area (Å²) >= 11 is 7.81. The maximum absolute atomic E-state index is 13.1. The minimum absolute atomic E-state index is 0.0729. The van der Waals surface area contributed by atoms with Gasteiger partial charge < -0.3 is 10.2 Å². The van der Waals surface area contributed by atoms with Gasteiger partial charge in [0.15, 0.2) is 0 Å². The highest BCUT2D eigenvalue weighted by molar-refractivity contribution is 8.00. The molecule has 2 amide bonds. The minimum Gasteiger partial charge on any atom is -0.354 e. The molecule has 0 radical (unpaired) electrons. The fourth-order valence-electron chi connectivity index (χ4n) is 2.98. The monoisotopic (exact) mass is 432 g/mol. The van der Waals surface area contributed by atoms with Crippen LogP contribution in [-0.4, -0.2) is 35.1 Å². The van der Waals surface area contributed by atoms with E-state index in [1.165, 1.54) is 11.8 Å². The van der Waals surface area contributed by atoms with Gasteiger partial charge in [0.1, 0.15) is 6.04 Å². The van der Waals surface area contributed by atoms with E-state index >= 15 is 0 Å². The average molecular weight is 433 g/mol. The highest BCUT2D eigenvalue weighted by Gasteiger charge is 2.28. The molecule has 0 aliphatic heterocycles. The van der Waals surface area contributed by atoms with Gasteiger partial charge in [0, 0.05) is 23.0 Å². The number of halogens is 1. The summed E-state index contributed by atoms with van der Waals surface area (Å²) in [6.07, 6.45) is 2.47. The summed E-state index contributed by atoms with van der Waals surface area (Å²) in [5.41, 5.74) is 0.840. The molecule has 0 aromatic heterocycles.